The molecule has 9 nitrogen and oxygen atoms in total. The minimum Gasteiger partial charge on any atom is -0.494 e. The van der Waals surface area contributed by atoms with Crippen molar-refractivity contribution >= 4 is 23.4 Å². The van der Waals surface area contributed by atoms with Crippen LogP contribution in [0.25, 0.3) is 23.1 Å². The molecule has 30 heavy (non-hydrogen) atoms. The fourth-order valence-electron chi connectivity index (χ4n) is 2.71. The van der Waals surface area contributed by atoms with Crippen LogP contribution in [0, 0.1) is 0 Å². The third kappa shape index (κ3) is 4.14. The Morgan fingerprint density at radius 2 is 2.03 bits per heavy atom. The summed E-state index contributed by atoms with van der Waals surface area (Å²) in [5.41, 5.74) is 0.772. The molecule has 0 saturated heterocycles. The minimum atomic E-state index is -0.110. The smallest absolute Gasteiger partial charge is 0.258 e. The molecule has 4 aromatic rings. The minimum absolute atomic E-state index is 0.110. The molecule has 0 aliphatic carbocycles. The molecule has 0 saturated carbocycles. The Hall–Kier alpha value is -2.98. The van der Waals surface area contributed by atoms with Crippen LogP contribution in [0.4, 0.5) is 0 Å². The number of ether oxygens (including phenoxy) is 1. The summed E-state index contributed by atoms with van der Waals surface area (Å²) in [7, 11) is 1.57. The molecule has 3 heterocycles. The molecule has 1 aromatic carbocycles. The topological polar surface area (TPSA) is 105 Å². The van der Waals surface area contributed by atoms with Gasteiger partial charge in [-0.1, -0.05) is 34.6 Å². The van der Waals surface area contributed by atoms with Crippen molar-refractivity contribution in [2.75, 3.05) is 7.11 Å². The third-order valence-corrected chi connectivity index (χ3v) is 5.57. The maximum Gasteiger partial charge on any atom is 0.258 e. The molecule has 11 heteroatoms. The van der Waals surface area contributed by atoms with Gasteiger partial charge in [0.1, 0.15) is 0 Å². The van der Waals surface area contributed by atoms with E-state index in [1.165, 1.54) is 11.8 Å². The average molecular weight is 444 g/mol. The molecule has 0 aliphatic rings. The molecule has 0 N–H and O–H groups in total. The van der Waals surface area contributed by atoms with Gasteiger partial charge in [-0.25, -0.2) is 9.97 Å². The van der Waals surface area contributed by atoms with Crippen LogP contribution < -0.4 is 4.74 Å². The molecule has 1 unspecified atom stereocenters. The van der Waals surface area contributed by atoms with Crippen molar-refractivity contribution in [2.24, 2.45) is 0 Å². The standard InChI is InChI=1S/C19H18ClN7O2S/c1-4-27-17(16-21-9-14(28-3)10-22-16)24-25-19(27)30-11(2)15-23-18(29-26-15)12-6-5-7-13(20)8-12/h5-11H,4H2,1-3H3. The normalized spacial score (nSPS) is 12.1. The van der Waals surface area contributed by atoms with Crippen LogP contribution in [-0.2, 0) is 6.54 Å². The van der Waals surface area contributed by atoms with Gasteiger partial charge in [-0.3, -0.25) is 4.57 Å². The third-order valence-electron chi connectivity index (χ3n) is 4.26. The first kappa shape index (κ1) is 20.3. The largest absolute Gasteiger partial charge is 0.494 e. The van der Waals surface area contributed by atoms with Gasteiger partial charge in [0.15, 0.2) is 22.6 Å². The van der Waals surface area contributed by atoms with Crippen LogP contribution >= 0.6 is 23.4 Å². The number of nitrogens with zero attached hydrogens (tertiary/aromatic N) is 7. The summed E-state index contributed by atoms with van der Waals surface area (Å²) < 4.78 is 12.5. The Labute approximate surface area is 181 Å². The highest BCUT2D eigenvalue weighted by molar-refractivity contribution is 7.99. The van der Waals surface area contributed by atoms with Crippen molar-refractivity contribution in [2.45, 2.75) is 30.8 Å². The first-order valence-electron chi connectivity index (χ1n) is 9.14. The van der Waals surface area contributed by atoms with E-state index in [1.807, 2.05) is 30.5 Å². The molecule has 0 amide bonds. The molecular formula is C19H18ClN7O2S. The lowest BCUT2D eigenvalue weighted by Crippen LogP contribution is -2.03. The maximum atomic E-state index is 6.05. The van der Waals surface area contributed by atoms with Crippen LogP contribution in [0.5, 0.6) is 5.75 Å². The quantitative estimate of drug-likeness (QED) is 0.386. The van der Waals surface area contributed by atoms with Crippen molar-refractivity contribution in [3.63, 3.8) is 0 Å². The van der Waals surface area contributed by atoms with Crippen LogP contribution in [0.3, 0.4) is 0 Å². The lowest BCUT2D eigenvalue weighted by atomic mass is 10.2. The zero-order valence-electron chi connectivity index (χ0n) is 16.5. The monoisotopic (exact) mass is 443 g/mol. The highest BCUT2D eigenvalue weighted by Crippen LogP contribution is 2.34. The Bertz CT molecular complexity index is 1150. The summed E-state index contributed by atoms with van der Waals surface area (Å²) in [4.78, 5) is 13.1. The SMILES string of the molecule is CCn1c(SC(C)c2noc(-c3cccc(Cl)c3)n2)nnc1-c1ncc(OC)cn1. The highest BCUT2D eigenvalue weighted by Gasteiger charge is 2.21. The molecule has 4 rings (SSSR count). The summed E-state index contributed by atoms with van der Waals surface area (Å²) >= 11 is 7.53. The zero-order chi connectivity index (χ0) is 21.1. The van der Waals surface area contributed by atoms with E-state index in [0.717, 1.165) is 5.56 Å². The van der Waals surface area contributed by atoms with E-state index in [9.17, 15) is 0 Å². The highest BCUT2D eigenvalue weighted by atomic mass is 35.5. The molecular weight excluding hydrogens is 426 g/mol. The van der Waals surface area contributed by atoms with Gasteiger partial charge in [-0.2, -0.15) is 4.98 Å². The van der Waals surface area contributed by atoms with E-state index < -0.39 is 0 Å². The summed E-state index contributed by atoms with van der Waals surface area (Å²) in [6, 6.07) is 7.29. The lowest BCUT2D eigenvalue weighted by molar-refractivity contribution is 0.411. The van der Waals surface area contributed by atoms with Gasteiger partial charge >= 0.3 is 0 Å². The van der Waals surface area contributed by atoms with E-state index in [4.69, 9.17) is 20.9 Å². The van der Waals surface area contributed by atoms with Crippen LogP contribution in [-0.4, -0.2) is 42.0 Å². The van der Waals surface area contributed by atoms with Crippen LogP contribution in [0.1, 0.15) is 24.9 Å². The second-order valence-corrected chi connectivity index (χ2v) is 7.97. The van der Waals surface area contributed by atoms with Gasteiger partial charge in [0, 0.05) is 17.1 Å². The van der Waals surface area contributed by atoms with E-state index >= 15 is 0 Å². The first-order chi connectivity index (χ1) is 14.6. The average Bonchev–Trinajstić information content (AvgIpc) is 3.41. The van der Waals surface area contributed by atoms with Gasteiger partial charge in [-0.15, -0.1) is 10.2 Å². The van der Waals surface area contributed by atoms with Crippen LogP contribution in [0.2, 0.25) is 5.02 Å². The fraction of sp³-hybridized carbons (Fsp3) is 0.263. The fourth-order valence-corrected chi connectivity index (χ4v) is 3.85. The molecule has 0 bridgehead atoms. The van der Waals surface area contributed by atoms with Gasteiger partial charge in [-0.05, 0) is 32.0 Å². The number of hydrogen-bond donors (Lipinski definition) is 0. The molecule has 0 aliphatic heterocycles. The number of rotatable bonds is 7. The van der Waals surface area contributed by atoms with Crippen molar-refractivity contribution < 1.29 is 9.26 Å². The van der Waals surface area contributed by atoms with Crippen molar-refractivity contribution in [1.29, 1.82) is 0 Å². The van der Waals surface area contributed by atoms with Crippen molar-refractivity contribution in [3.05, 3.63) is 47.5 Å². The predicted octanol–water partition coefficient (Wildman–Crippen LogP) is 4.32. The summed E-state index contributed by atoms with van der Waals surface area (Å²) in [5.74, 6) is 2.62. The van der Waals surface area contributed by atoms with Crippen LogP contribution in [0.15, 0.2) is 46.3 Å². The van der Waals surface area contributed by atoms with E-state index in [2.05, 4.69) is 30.3 Å². The Kier molecular flexibility index (Phi) is 5.96. The van der Waals surface area contributed by atoms with E-state index in [1.54, 1.807) is 31.6 Å². The summed E-state index contributed by atoms with van der Waals surface area (Å²) in [6.45, 7) is 4.65. The van der Waals surface area contributed by atoms with Gasteiger partial charge in [0.2, 0.25) is 5.82 Å². The number of benzene rings is 1. The van der Waals surface area contributed by atoms with Gasteiger partial charge in [0.05, 0.1) is 24.8 Å². The summed E-state index contributed by atoms with van der Waals surface area (Å²) in [6.07, 6.45) is 3.20. The Morgan fingerprint density at radius 1 is 1.23 bits per heavy atom. The Morgan fingerprint density at radius 3 is 2.73 bits per heavy atom. The predicted molar refractivity (Wildman–Crippen MR) is 112 cm³/mol. The first-order valence-corrected chi connectivity index (χ1v) is 10.4. The van der Waals surface area contributed by atoms with Crippen molar-refractivity contribution in [1.82, 2.24) is 34.9 Å². The molecule has 0 radical (unpaired) electrons. The van der Waals surface area contributed by atoms with Crippen molar-refractivity contribution in [3.8, 4) is 28.9 Å². The number of methoxy groups -OCH3 is 1. The number of aromatic nitrogens is 7. The molecule has 3 aromatic heterocycles. The summed E-state index contributed by atoms with van der Waals surface area (Å²) in [5, 5.41) is 13.9. The number of halogens is 1. The second-order valence-electron chi connectivity index (χ2n) is 6.23. The molecule has 1 atom stereocenters. The second kappa shape index (κ2) is 8.80. The Balaban J connectivity index is 1.55. The van der Waals surface area contributed by atoms with E-state index in [0.29, 0.717) is 45.8 Å². The molecule has 154 valence electrons. The number of thioether (sulfide) groups is 1. The lowest BCUT2D eigenvalue weighted by Gasteiger charge is -2.09. The number of hydrogen-bond acceptors (Lipinski definition) is 9. The van der Waals surface area contributed by atoms with Gasteiger partial charge < -0.3 is 9.26 Å². The molecule has 0 spiro atoms. The zero-order valence-corrected chi connectivity index (χ0v) is 18.1. The van der Waals surface area contributed by atoms with E-state index in [-0.39, 0.29) is 5.25 Å². The maximum absolute atomic E-state index is 6.05. The molecule has 0 fully saturated rings. The van der Waals surface area contributed by atoms with Gasteiger partial charge in [0.25, 0.3) is 5.89 Å².